The second-order valence-electron chi connectivity index (χ2n) is 5.23. The highest BCUT2D eigenvalue weighted by Crippen LogP contribution is 2.20. The Hall–Kier alpha value is -2.62. The van der Waals surface area contributed by atoms with E-state index in [4.69, 9.17) is 4.74 Å². The molecule has 0 saturated carbocycles. The van der Waals surface area contributed by atoms with Crippen LogP contribution < -0.4 is 5.32 Å². The molecule has 0 aromatic heterocycles. The molecule has 2 rings (SSSR count). The van der Waals surface area contributed by atoms with Crippen LogP contribution in [0.1, 0.15) is 34.8 Å². The van der Waals surface area contributed by atoms with E-state index >= 15 is 0 Å². The van der Waals surface area contributed by atoms with Gasteiger partial charge in [-0.3, -0.25) is 4.79 Å². The van der Waals surface area contributed by atoms with Gasteiger partial charge in [-0.05, 0) is 43.5 Å². The van der Waals surface area contributed by atoms with Crippen LogP contribution in [0.5, 0.6) is 0 Å². The molecule has 1 amide bonds. The SMILES string of the molecule is CCOC(=O)c1cccc(NC(=O)CCc2ccccc2)c1C. The molecule has 0 aliphatic carbocycles. The number of hydrogen-bond donors (Lipinski definition) is 1. The second kappa shape index (κ2) is 8.13. The van der Waals surface area contributed by atoms with E-state index in [9.17, 15) is 9.59 Å². The Bertz CT molecular complexity index is 680. The summed E-state index contributed by atoms with van der Waals surface area (Å²) in [6.07, 6.45) is 1.08. The van der Waals surface area contributed by atoms with Crippen molar-refractivity contribution in [3.05, 3.63) is 65.2 Å². The molecule has 0 unspecified atom stereocenters. The molecule has 0 aliphatic heterocycles. The molecule has 1 N–H and O–H groups in total. The summed E-state index contributed by atoms with van der Waals surface area (Å²) in [5.74, 6) is -0.441. The van der Waals surface area contributed by atoms with Crippen LogP contribution in [0.4, 0.5) is 5.69 Å². The number of esters is 1. The molecule has 0 radical (unpaired) electrons. The van der Waals surface area contributed by atoms with Crippen molar-refractivity contribution in [1.82, 2.24) is 0 Å². The minimum absolute atomic E-state index is 0.0713. The number of carbonyl (C=O) groups excluding carboxylic acids is 2. The van der Waals surface area contributed by atoms with Gasteiger partial charge >= 0.3 is 5.97 Å². The number of carbonyl (C=O) groups is 2. The van der Waals surface area contributed by atoms with Crippen LogP contribution in [0.3, 0.4) is 0 Å². The van der Waals surface area contributed by atoms with E-state index in [1.54, 1.807) is 32.0 Å². The molecular weight excluding hydrogens is 290 g/mol. The van der Waals surface area contributed by atoms with Gasteiger partial charge in [0.15, 0.2) is 0 Å². The molecule has 2 aromatic carbocycles. The van der Waals surface area contributed by atoms with E-state index in [0.717, 1.165) is 11.1 Å². The molecule has 4 heteroatoms. The molecule has 23 heavy (non-hydrogen) atoms. The van der Waals surface area contributed by atoms with Gasteiger partial charge in [0.25, 0.3) is 0 Å². The summed E-state index contributed by atoms with van der Waals surface area (Å²) >= 11 is 0. The van der Waals surface area contributed by atoms with Gasteiger partial charge in [-0.15, -0.1) is 0 Å². The molecule has 0 saturated heterocycles. The first-order chi connectivity index (χ1) is 11.1. The van der Waals surface area contributed by atoms with Crippen molar-refractivity contribution in [1.29, 1.82) is 0 Å². The number of anilines is 1. The Balaban J connectivity index is 2.00. The Kier molecular flexibility index (Phi) is 5.92. The highest BCUT2D eigenvalue weighted by Gasteiger charge is 2.13. The maximum atomic E-state index is 12.1. The standard InChI is InChI=1S/C19H21NO3/c1-3-23-19(22)16-10-7-11-17(14(16)2)20-18(21)13-12-15-8-5-4-6-9-15/h4-11H,3,12-13H2,1-2H3,(H,20,21). The zero-order valence-corrected chi connectivity index (χ0v) is 13.5. The Labute approximate surface area is 136 Å². The van der Waals surface area contributed by atoms with E-state index in [1.807, 2.05) is 30.3 Å². The fraction of sp³-hybridized carbons (Fsp3) is 0.263. The van der Waals surface area contributed by atoms with Gasteiger partial charge in [0.1, 0.15) is 0 Å². The topological polar surface area (TPSA) is 55.4 Å². The highest BCUT2D eigenvalue weighted by atomic mass is 16.5. The van der Waals surface area contributed by atoms with Gasteiger partial charge in [0, 0.05) is 12.1 Å². The second-order valence-corrected chi connectivity index (χ2v) is 5.23. The van der Waals surface area contributed by atoms with Gasteiger partial charge in [0.05, 0.1) is 12.2 Å². The summed E-state index contributed by atoms with van der Waals surface area (Å²) < 4.78 is 5.02. The van der Waals surface area contributed by atoms with Crippen LogP contribution >= 0.6 is 0 Å². The highest BCUT2D eigenvalue weighted by molar-refractivity contribution is 5.96. The smallest absolute Gasteiger partial charge is 0.338 e. The maximum absolute atomic E-state index is 12.1. The Morgan fingerprint density at radius 3 is 2.48 bits per heavy atom. The quantitative estimate of drug-likeness (QED) is 0.827. The molecule has 0 atom stereocenters. The molecule has 120 valence electrons. The average molecular weight is 311 g/mol. The summed E-state index contributed by atoms with van der Waals surface area (Å²) in [4.78, 5) is 24.0. The van der Waals surface area contributed by atoms with Gasteiger partial charge in [0.2, 0.25) is 5.91 Å². The van der Waals surface area contributed by atoms with Crippen LogP contribution in [-0.4, -0.2) is 18.5 Å². The van der Waals surface area contributed by atoms with Crippen LogP contribution in [0, 0.1) is 6.92 Å². The summed E-state index contributed by atoms with van der Waals surface area (Å²) in [6, 6.07) is 15.1. The molecular formula is C19H21NO3. The maximum Gasteiger partial charge on any atom is 0.338 e. The van der Waals surface area contributed by atoms with Crippen molar-refractivity contribution in [2.24, 2.45) is 0 Å². The lowest BCUT2D eigenvalue weighted by Gasteiger charge is -2.12. The van der Waals surface area contributed by atoms with Crippen LogP contribution in [-0.2, 0) is 16.0 Å². The Morgan fingerprint density at radius 2 is 1.78 bits per heavy atom. The van der Waals surface area contributed by atoms with Gasteiger partial charge < -0.3 is 10.1 Å². The number of benzene rings is 2. The lowest BCUT2D eigenvalue weighted by Crippen LogP contribution is -2.15. The van der Waals surface area contributed by atoms with Crippen molar-refractivity contribution in [2.75, 3.05) is 11.9 Å². The number of nitrogens with one attached hydrogen (secondary N) is 1. The average Bonchev–Trinajstić information content (AvgIpc) is 2.56. The predicted octanol–water partition coefficient (Wildman–Crippen LogP) is 3.74. The van der Waals surface area contributed by atoms with E-state index in [-0.39, 0.29) is 11.9 Å². The van der Waals surface area contributed by atoms with Crippen LogP contribution in [0.2, 0.25) is 0 Å². The van der Waals surface area contributed by atoms with Crippen molar-refractivity contribution >= 4 is 17.6 Å². The first-order valence-electron chi connectivity index (χ1n) is 7.72. The van der Waals surface area contributed by atoms with Crippen LogP contribution in [0.15, 0.2) is 48.5 Å². The van der Waals surface area contributed by atoms with Crippen LogP contribution in [0.25, 0.3) is 0 Å². The minimum Gasteiger partial charge on any atom is -0.462 e. The summed E-state index contributed by atoms with van der Waals surface area (Å²) in [6.45, 7) is 3.90. The predicted molar refractivity (Wildman–Crippen MR) is 90.5 cm³/mol. The largest absolute Gasteiger partial charge is 0.462 e. The van der Waals surface area contributed by atoms with Crippen molar-refractivity contribution in [3.8, 4) is 0 Å². The fourth-order valence-electron chi connectivity index (χ4n) is 2.32. The number of rotatable bonds is 6. The van der Waals surface area contributed by atoms with E-state index in [1.165, 1.54) is 0 Å². The molecule has 0 heterocycles. The Morgan fingerprint density at radius 1 is 1.04 bits per heavy atom. The molecule has 0 aliphatic rings. The van der Waals surface area contributed by atoms with Crippen molar-refractivity contribution in [2.45, 2.75) is 26.7 Å². The molecule has 4 nitrogen and oxygen atoms in total. The van der Waals surface area contributed by atoms with E-state index < -0.39 is 0 Å². The summed E-state index contributed by atoms with van der Waals surface area (Å²) in [5.41, 5.74) is 2.97. The fourth-order valence-corrected chi connectivity index (χ4v) is 2.32. The third kappa shape index (κ3) is 4.68. The summed E-state index contributed by atoms with van der Waals surface area (Å²) in [7, 11) is 0. The zero-order chi connectivity index (χ0) is 16.7. The van der Waals surface area contributed by atoms with Crippen molar-refractivity contribution < 1.29 is 14.3 Å². The molecule has 0 spiro atoms. The summed E-state index contributed by atoms with van der Waals surface area (Å²) in [5, 5.41) is 2.87. The van der Waals surface area contributed by atoms with E-state index in [0.29, 0.717) is 30.7 Å². The first-order valence-corrected chi connectivity index (χ1v) is 7.72. The number of ether oxygens (including phenoxy) is 1. The number of hydrogen-bond acceptors (Lipinski definition) is 3. The lowest BCUT2D eigenvalue weighted by atomic mass is 10.1. The monoisotopic (exact) mass is 311 g/mol. The third-order valence-electron chi connectivity index (χ3n) is 3.59. The number of aryl methyl sites for hydroxylation is 1. The minimum atomic E-state index is -0.370. The third-order valence-corrected chi connectivity index (χ3v) is 3.59. The zero-order valence-electron chi connectivity index (χ0n) is 13.5. The lowest BCUT2D eigenvalue weighted by molar-refractivity contribution is -0.116. The van der Waals surface area contributed by atoms with Gasteiger partial charge in [-0.25, -0.2) is 4.79 Å². The van der Waals surface area contributed by atoms with Crippen molar-refractivity contribution in [3.63, 3.8) is 0 Å². The molecule has 0 fully saturated rings. The van der Waals surface area contributed by atoms with Gasteiger partial charge in [-0.1, -0.05) is 36.4 Å². The molecule has 0 bridgehead atoms. The molecule has 2 aromatic rings. The van der Waals surface area contributed by atoms with E-state index in [2.05, 4.69) is 5.32 Å². The van der Waals surface area contributed by atoms with Gasteiger partial charge in [-0.2, -0.15) is 0 Å². The number of amides is 1. The first kappa shape index (κ1) is 16.7. The normalized spacial score (nSPS) is 10.2.